The van der Waals surface area contributed by atoms with E-state index in [2.05, 4.69) is 33.0 Å². The molecule has 5 rings (SSSR count). The molecule has 156 valence electrons. The molecule has 2 aromatic heterocycles. The van der Waals surface area contributed by atoms with Gasteiger partial charge in [0.05, 0.1) is 18.1 Å². The van der Waals surface area contributed by atoms with E-state index in [1.54, 1.807) is 10.9 Å². The second kappa shape index (κ2) is 8.15. The zero-order valence-electron chi connectivity index (χ0n) is 17.1. The third-order valence-corrected chi connectivity index (χ3v) is 6.27. The highest BCUT2D eigenvalue weighted by Gasteiger charge is 2.43. The number of aryl methyl sites for hydroxylation is 2. The molecule has 1 atom stereocenters. The Morgan fingerprint density at radius 1 is 1.03 bits per heavy atom. The van der Waals surface area contributed by atoms with Crippen LogP contribution in [0.3, 0.4) is 0 Å². The monoisotopic (exact) mass is 475 g/mol. The maximum Gasteiger partial charge on any atom is 0.273 e. The second-order valence-corrected chi connectivity index (χ2v) is 8.62. The van der Waals surface area contributed by atoms with Crippen LogP contribution in [-0.2, 0) is 13.6 Å². The maximum atomic E-state index is 13.5. The van der Waals surface area contributed by atoms with Crippen LogP contribution in [0.1, 0.15) is 34.1 Å². The van der Waals surface area contributed by atoms with Gasteiger partial charge in [-0.2, -0.15) is 5.10 Å². The Kier molecular flexibility index (Phi) is 5.19. The molecule has 0 bridgehead atoms. The molecule has 4 aromatic rings. The molecule has 0 radical (unpaired) electrons. The highest BCUT2D eigenvalue weighted by atomic mass is 79.9. The predicted octanol–water partition coefficient (Wildman–Crippen LogP) is 4.68. The quantitative estimate of drug-likeness (QED) is 0.406. The summed E-state index contributed by atoms with van der Waals surface area (Å²) in [4.78, 5) is 19.6. The maximum absolute atomic E-state index is 13.5. The molecule has 1 amide bonds. The molecule has 0 N–H and O–H groups in total. The Bertz CT molecular complexity index is 1200. The van der Waals surface area contributed by atoms with Gasteiger partial charge in [-0.05, 0) is 24.1 Å². The second-order valence-electron chi connectivity index (χ2n) is 7.71. The fourth-order valence-corrected chi connectivity index (χ4v) is 4.60. The fraction of sp³-hybridized carbons (Fsp3) is 0.208. The van der Waals surface area contributed by atoms with Crippen LogP contribution in [0.5, 0.6) is 0 Å². The molecule has 1 unspecified atom stereocenters. The molecule has 31 heavy (non-hydrogen) atoms. The number of halogens is 1. The standard InChI is InChI=1S/C24H22BrN5O/c1-28-23-20(21(27-28)17-6-3-2-4-7-17)22(18-8-10-19(25)11-9-18)30(24(23)31)14-5-13-29-15-12-26-16-29/h2-4,6-12,15-16,22H,5,13-14H2,1H3. The van der Waals surface area contributed by atoms with Gasteiger partial charge in [0.15, 0.2) is 0 Å². The lowest BCUT2D eigenvalue weighted by Crippen LogP contribution is -2.31. The number of nitrogens with zero attached hydrogens (tertiary/aromatic N) is 5. The van der Waals surface area contributed by atoms with E-state index in [1.165, 1.54) is 0 Å². The van der Waals surface area contributed by atoms with Gasteiger partial charge in [-0.25, -0.2) is 4.98 Å². The van der Waals surface area contributed by atoms with Crippen LogP contribution in [0.2, 0.25) is 0 Å². The summed E-state index contributed by atoms with van der Waals surface area (Å²) in [5.74, 6) is 0.0331. The van der Waals surface area contributed by atoms with E-state index < -0.39 is 0 Å². The first-order valence-electron chi connectivity index (χ1n) is 10.3. The normalized spacial score (nSPS) is 15.5. The molecule has 7 heteroatoms. The molecule has 3 heterocycles. The summed E-state index contributed by atoms with van der Waals surface area (Å²) in [5, 5.41) is 4.75. The number of amides is 1. The smallest absolute Gasteiger partial charge is 0.273 e. The summed E-state index contributed by atoms with van der Waals surface area (Å²) in [6, 6.07) is 18.2. The van der Waals surface area contributed by atoms with Crippen molar-refractivity contribution < 1.29 is 4.79 Å². The number of aromatic nitrogens is 4. The van der Waals surface area contributed by atoms with Crippen LogP contribution in [-0.4, -0.2) is 36.7 Å². The third-order valence-electron chi connectivity index (χ3n) is 5.74. The molecular weight excluding hydrogens is 454 g/mol. The Morgan fingerprint density at radius 2 is 1.81 bits per heavy atom. The van der Waals surface area contributed by atoms with Gasteiger partial charge in [-0.15, -0.1) is 0 Å². The lowest BCUT2D eigenvalue weighted by molar-refractivity contribution is 0.0735. The first-order chi connectivity index (χ1) is 15.1. The molecule has 1 aliphatic rings. The van der Waals surface area contributed by atoms with Crippen molar-refractivity contribution in [3.63, 3.8) is 0 Å². The van der Waals surface area contributed by atoms with Crippen molar-refractivity contribution in [3.8, 4) is 11.3 Å². The number of fused-ring (bicyclic) bond motifs is 1. The molecule has 0 saturated heterocycles. The average molecular weight is 476 g/mol. The van der Waals surface area contributed by atoms with E-state index in [4.69, 9.17) is 5.10 Å². The summed E-state index contributed by atoms with van der Waals surface area (Å²) >= 11 is 3.53. The van der Waals surface area contributed by atoms with Crippen LogP contribution >= 0.6 is 15.9 Å². The molecular formula is C24H22BrN5O. The van der Waals surface area contributed by atoms with Gasteiger partial charge in [0.1, 0.15) is 5.69 Å². The van der Waals surface area contributed by atoms with Crippen LogP contribution in [0.25, 0.3) is 11.3 Å². The summed E-state index contributed by atoms with van der Waals surface area (Å²) in [6.45, 7) is 1.47. The van der Waals surface area contributed by atoms with Crippen molar-refractivity contribution in [2.24, 2.45) is 7.05 Å². The highest BCUT2D eigenvalue weighted by Crippen LogP contribution is 2.43. The van der Waals surface area contributed by atoms with Gasteiger partial charge < -0.3 is 9.47 Å². The van der Waals surface area contributed by atoms with Crippen molar-refractivity contribution in [3.05, 3.63) is 94.6 Å². The topological polar surface area (TPSA) is 56.0 Å². The summed E-state index contributed by atoms with van der Waals surface area (Å²) in [7, 11) is 1.86. The van der Waals surface area contributed by atoms with Crippen molar-refractivity contribution in [2.75, 3.05) is 6.54 Å². The lowest BCUT2D eigenvalue weighted by atomic mass is 9.96. The zero-order valence-corrected chi connectivity index (χ0v) is 18.7. The average Bonchev–Trinajstić information content (AvgIpc) is 3.48. The first kappa shape index (κ1) is 19.8. The first-order valence-corrected chi connectivity index (χ1v) is 11.1. The van der Waals surface area contributed by atoms with Crippen molar-refractivity contribution in [1.29, 1.82) is 0 Å². The van der Waals surface area contributed by atoms with Crippen LogP contribution in [0.15, 0.2) is 77.8 Å². The van der Waals surface area contributed by atoms with Crippen molar-refractivity contribution in [2.45, 2.75) is 19.0 Å². The van der Waals surface area contributed by atoms with Crippen LogP contribution < -0.4 is 0 Å². The van der Waals surface area contributed by atoms with Gasteiger partial charge in [-0.3, -0.25) is 9.48 Å². The molecule has 0 aliphatic carbocycles. The van der Waals surface area contributed by atoms with Gasteiger partial charge in [0.25, 0.3) is 5.91 Å². The van der Waals surface area contributed by atoms with E-state index in [1.807, 2.05) is 71.5 Å². The molecule has 0 saturated carbocycles. The minimum Gasteiger partial charge on any atom is -0.337 e. The van der Waals surface area contributed by atoms with Crippen LogP contribution in [0.4, 0.5) is 0 Å². The predicted molar refractivity (Wildman–Crippen MR) is 123 cm³/mol. The molecule has 2 aromatic carbocycles. The number of rotatable bonds is 6. The molecule has 1 aliphatic heterocycles. The van der Waals surface area contributed by atoms with Gasteiger partial charge in [0.2, 0.25) is 0 Å². The molecule has 6 nitrogen and oxygen atoms in total. The Morgan fingerprint density at radius 3 is 2.52 bits per heavy atom. The summed E-state index contributed by atoms with van der Waals surface area (Å²) in [5.41, 5.74) is 4.65. The fourth-order valence-electron chi connectivity index (χ4n) is 4.34. The minimum absolute atomic E-state index is 0.0331. The van der Waals surface area contributed by atoms with Gasteiger partial charge in [-0.1, -0.05) is 58.4 Å². The zero-order chi connectivity index (χ0) is 21.4. The lowest BCUT2D eigenvalue weighted by Gasteiger charge is -2.26. The number of benzene rings is 2. The number of hydrogen-bond acceptors (Lipinski definition) is 3. The van der Waals surface area contributed by atoms with Gasteiger partial charge >= 0.3 is 0 Å². The van der Waals surface area contributed by atoms with E-state index >= 15 is 0 Å². The van der Waals surface area contributed by atoms with Crippen molar-refractivity contribution >= 4 is 21.8 Å². The van der Waals surface area contributed by atoms with Crippen LogP contribution in [0, 0.1) is 0 Å². The number of carbonyl (C=O) groups excluding carboxylic acids is 1. The Labute approximate surface area is 189 Å². The number of hydrogen-bond donors (Lipinski definition) is 0. The molecule has 0 fully saturated rings. The number of carbonyl (C=O) groups is 1. The number of imidazole rings is 1. The highest BCUT2D eigenvalue weighted by molar-refractivity contribution is 9.10. The van der Waals surface area contributed by atoms with E-state index in [9.17, 15) is 4.79 Å². The minimum atomic E-state index is -0.165. The Hall–Kier alpha value is -3.19. The SMILES string of the molecule is Cn1nc(-c2ccccc2)c2c1C(=O)N(CCCn1ccnc1)C2c1ccc(Br)cc1. The largest absolute Gasteiger partial charge is 0.337 e. The van der Waals surface area contributed by atoms with E-state index in [0.29, 0.717) is 12.2 Å². The van der Waals surface area contributed by atoms with Gasteiger partial charge in [0, 0.05) is 48.1 Å². The summed E-state index contributed by atoms with van der Waals surface area (Å²) < 4.78 is 4.79. The van der Waals surface area contributed by atoms with E-state index in [0.717, 1.165) is 39.8 Å². The third kappa shape index (κ3) is 3.59. The van der Waals surface area contributed by atoms with Crippen molar-refractivity contribution in [1.82, 2.24) is 24.2 Å². The summed E-state index contributed by atoms with van der Waals surface area (Å²) in [6.07, 6.45) is 6.38. The van der Waals surface area contributed by atoms with E-state index in [-0.39, 0.29) is 11.9 Å². The Balaban J connectivity index is 1.56. The molecule has 0 spiro atoms.